The third-order valence-electron chi connectivity index (χ3n) is 7.98. The van der Waals surface area contributed by atoms with Gasteiger partial charge in [0.1, 0.15) is 6.54 Å². The van der Waals surface area contributed by atoms with Crippen molar-refractivity contribution in [3.63, 3.8) is 0 Å². The van der Waals surface area contributed by atoms with Gasteiger partial charge in [0, 0.05) is 24.8 Å². The lowest BCUT2D eigenvalue weighted by Crippen LogP contribution is -2.37. The van der Waals surface area contributed by atoms with Gasteiger partial charge in [0.2, 0.25) is 5.91 Å². The molecule has 1 atom stereocenters. The van der Waals surface area contributed by atoms with Gasteiger partial charge in [0.05, 0.1) is 23.6 Å². The SMILES string of the molecule is CCC(C)OC(=O)Cn1c(SCCCN(CC(c2ccccc2)c2ccccc2)C(=O)Cc2ccccc2)nc2ccccc21. The third kappa shape index (κ3) is 8.85. The van der Waals surface area contributed by atoms with Crippen molar-refractivity contribution in [1.29, 1.82) is 0 Å². The first-order valence-electron chi connectivity index (χ1n) is 15.7. The summed E-state index contributed by atoms with van der Waals surface area (Å²) in [5, 5.41) is 0.783. The maximum absolute atomic E-state index is 13.8. The summed E-state index contributed by atoms with van der Waals surface area (Å²) in [6, 6.07) is 38.7. The summed E-state index contributed by atoms with van der Waals surface area (Å²) in [6.07, 6.45) is 1.78. The van der Waals surface area contributed by atoms with Crippen molar-refractivity contribution in [3.05, 3.63) is 132 Å². The normalized spacial score (nSPS) is 11.9. The number of carbonyl (C=O) groups excluding carboxylic acids is 2. The molecule has 1 aromatic heterocycles. The van der Waals surface area contributed by atoms with E-state index in [1.54, 1.807) is 11.8 Å². The zero-order valence-electron chi connectivity index (χ0n) is 26.0. The first-order valence-corrected chi connectivity index (χ1v) is 16.7. The Labute approximate surface area is 270 Å². The van der Waals surface area contributed by atoms with Crippen molar-refractivity contribution in [2.75, 3.05) is 18.8 Å². The minimum atomic E-state index is -0.264. The van der Waals surface area contributed by atoms with Crippen LogP contribution in [0, 0.1) is 0 Å². The molecule has 1 amide bonds. The summed E-state index contributed by atoms with van der Waals surface area (Å²) < 4.78 is 7.53. The largest absolute Gasteiger partial charge is 0.461 e. The van der Waals surface area contributed by atoms with Crippen molar-refractivity contribution in [2.45, 2.75) is 56.8 Å². The van der Waals surface area contributed by atoms with Gasteiger partial charge in [-0.3, -0.25) is 9.59 Å². The van der Waals surface area contributed by atoms with E-state index in [1.165, 1.54) is 11.1 Å². The summed E-state index contributed by atoms with van der Waals surface area (Å²) in [5.74, 6) is 0.656. The molecule has 232 valence electrons. The van der Waals surface area contributed by atoms with Crippen molar-refractivity contribution in [1.82, 2.24) is 14.5 Å². The number of para-hydroxylation sites is 2. The molecule has 0 spiro atoms. The summed E-state index contributed by atoms with van der Waals surface area (Å²) in [5.41, 5.74) is 5.15. The van der Waals surface area contributed by atoms with Crippen LogP contribution in [-0.4, -0.2) is 51.3 Å². The molecule has 5 rings (SSSR count). The number of hydrogen-bond acceptors (Lipinski definition) is 5. The average molecular weight is 620 g/mol. The van der Waals surface area contributed by atoms with Gasteiger partial charge in [0.15, 0.2) is 5.16 Å². The van der Waals surface area contributed by atoms with Gasteiger partial charge in [-0.1, -0.05) is 122 Å². The smallest absolute Gasteiger partial charge is 0.326 e. The van der Waals surface area contributed by atoms with Gasteiger partial charge in [-0.2, -0.15) is 0 Å². The Morgan fingerprint density at radius 1 is 0.844 bits per heavy atom. The lowest BCUT2D eigenvalue weighted by molar-refractivity contribution is -0.149. The van der Waals surface area contributed by atoms with Crippen LogP contribution in [0.15, 0.2) is 120 Å². The average Bonchev–Trinajstić information content (AvgIpc) is 3.42. The lowest BCUT2D eigenvalue weighted by atomic mass is 9.90. The molecular weight excluding hydrogens is 579 g/mol. The highest BCUT2D eigenvalue weighted by molar-refractivity contribution is 7.99. The van der Waals surface area contributed by atoms with Crippen LogP contribution in [0.1, 0.15) is 49.3 Å². The first kappa shape index (κ1) is 32.0. The zero-order valence-corrected chi connectivity index (χ0v) is 26.9. The second kappa shape index (κ2) is 16.1. The Bertz CT molecular complexity index is 1620. The van der Waals surface area contributed by atoms with E-state index in [9.17, 15) is 9.59 Å². The van der Waals surface area contributed by atoms with Crippen LogP contribution in [0.4, 0.5) is 0 Å². The monoisotopic (exact) mass is 619 g/mol. The Kier molecular flexibility index (Phi) is 11.5. The molecule has 5 aromatic rings. The number of benzene rings is 4. The number of esters is 1. The Morgan fingerprint density at radius 2 is 1.44 bits per heavy atom. The van der Waals surface area contributed by atoms with Crippen LogP contribution in [0.2, 0.25) is 0 Å². The molecule has 4 aromatic carbocycles. The van der Waals surface area contributed by atoms with E-state index in [2.05, 4.69) is 48.5 Å². The maximum Gasteiger partial charge on any atom is 0.326 e. The zero-order chi connectivity index (χ0) is 31.4. The Balaban J connectivity index is 1.32. The molecule has 0 saturated heterocycles. The van der Waals surface area contributed by atoms with E-state index in [1.807, 2.05) is 90.0 Å². The number of ether oxygens (including phenoxy) is 1. The molecule has 0 radical (unpaired) electrons. The van der Waals surface area contributed by atoms with Gasteiger partial charge < -0.3 is 14.2 Å². The third-order valence-corrected chi connectivity index (χ3v) is 9.04. The Morgan fingerprint density at radius 3 is 2.09 bits per heavy atom. The van der Waals surface area contributed by atoms with E-state index in [0.29, 0.717) is 19.5 Å². The number of aromatic nitrogens is 2. The van der Waals surface area contributed by atoms with Gasteiger partial charge >= 0.3 is 5.97 Å². The maximum atomic E-state index is 13.8. The number of fused-ring (bicyclic) bond motifs is 1. The van der Waals surface area contributed by atoms with Gasteiger partial charge in [-0.05, 0) is 48.6 Å². The molecule has 0 aliphatic heterocycles. The molecule has 0 saturated carbocycles. The topological polar surface area (TPSA) is 64.4 Å². The lowest BCUT2D eigenvalue weighted by Gasteiger charge is -2.29. The van der Waals surface area contributed by atoms with Crippen LogP contribution in [0.5, 0.6) is 0 Å². The number of hydrogen-bond donors (Lipinski definition) is 0. The van der Waals surface area contributed by atoms with Crippen molar-refractivity contribution >= 4 is 34.7 Å². The van der Waals surface area contributed by atoms with Gasteiger partial charge in [0.25, 0.3) is 0 Å². The minimum absolute atomic E-state index is 0.0560. The molecule has 0 fully saturated rings. The molecule has 6 nitrogen and oxygen atoms in total. The molecule has 7 heteroatoms. The number of thioether (sulfide) groups is 1. The van der Waals surface area contributed by atoms with Crippen molar-refractivity contribution < 1.29 is 14.3 Å². The number of carbonyl (C=O) groups is 2. The fraction of sp³-hybridized carbons (Fsp3) is 0.289. The van der Waals surface area contributed by atoms with Crippen LogP contribution < -0.4 is 0 Å². The predicted molar refractivity (Wildman–Crippen MR) is 182 cm³/mol. The second-order valence-corrected chi connectivity index (χ2v) is 12.3. The van der Waals surface area contributed by atoms with E-state index >= 15 is 0 Å². The number of nitrogens with zero attached hydrogens (tertiary/aromatic N) is 3. The molecule has 45 heavy (non-hydrogen) atoms. The summed E-state index contributed by atoms with van der Waals surface area (Å²) in [7, 11) is 0. The van der Waals surface area contributed by atoms with Crippen molar-refractivity contribution in [2.24, 2.45) is 0 Å². The summed E-state index contributed by atoms with van der Waals surface area (Å²) in [6.45, 7) is 5.23. The van der Waals surface area contributed by atoms with E-state index in [4.69, 9.17) is 9.72 Å². The highest BCUT2D eigenvalue weighted by atomic mass is 32.2. The predicted octanol–water partition coefficient (Wildman–Crippen LogP) is 7.76. The minimum Gasteiger partial charge on any atom is -0.461 e. The molecule has 1 heterocycles. The fourth-order valence-corrected chi connectivity index (χ4v) is 6.34. The first-order chi connectivity index (χ1) is 22.0. The van der Waals surface area contributed by atoms with E-state index < -0.39 is 0 Å². The highest BCUT2D eigenvalue weighted by Crippen LogP contribution is 2.28. The van der Waals surface area contributed by atoms with Crippen molar-refractivity contribution in [3.8, 4) is 0 Å². The fourth-order valence-electron chi connectivity index (χ4n) is 5.40. The van der Waals surface area contributed by atoms with E-state index in [-0.39, 0.29) is 30.4 Å². The number of rotatable bonds is 15. The van der Waals surface area contributed by atoms with Crippen LogP contribution in [-0.2, 0) is 27.3 Å². The Hall–Kier alpha value is -4.36. The molecule has 0 N–H and O–H groups in total. The van der Waals surface area contributed by atoms with Gasteiger partial charge in [-0.25, -0.2) is 4.98 Å². The number of imidazole rings is 1. The molecule has 0 aliphatic carbocycles. The van der Waals surface area contributed by atoms with Gasteiger partial charge in [-0.15, -0.1) is 0 Å². The molecule has 1 unspecified atom stereocenters. The van der Waals surface area contributed by atoms with Crippen LogP contribution in [0.25, 0.3) is 11.0 Å². The molecular formula is C38H41N3O3S. The van der Waals surface area contributed by atoms with E-state index in [0.717, 1.165) is 40.3 Å². The van der Waals surface area contributed by atoms with Crippen LogP contribution >= 0.6 is 11.8 Å². The molecule has 0 aliphatic rings. The number of amides is 1. The summed E-state index contributed by atoms with van der Waals surface area (Å²) >= 11 is 1.61. The second-order valence-electron chi connectivity index (χ2n) is 11.3. The highest BCUT2D eigenvalue weighted by Gasteiger charge is 2.22. The standard InChI is InChI=1S/C38H41N3O3S/c1-3-29(2)44-37(43)28-41-35-23-14-13-22-34(35)39-38(41)45-25-15-24-40(36(42)26-30-16-7-4-8-17-30)27-33(31-18-9-5-10-19-31)32-20-11-6-12-21-32/h4-14,16-23,29,33H,3,15,24-28H2,1-2H3. The summed E-state index contributed by atoms with van der Waals surface area (Å²) in [4.78, 5) is 33.4. The van der Waals surface area contributed by atoms with Crippen LogP contribution in [0.3, 0.4) is 0 Å². The quantitative estimate of drug-likeness (QED) is 0.0681. The molecule has 0 bridgehead atoms.